The van der Waals surface area contributed by atoms with Crippen LogP contribution in [0, 0.1) is 17.7 Å². The van der Waals surface area contributed by atoms with Gasteiger partial charge in [-0.25, -0.2) is 4.39 Å². The van der Waals surface area contributed by atoms with Crippen LogP contribution in [0.3, 0.4) is 0 Å². The molecule has 2 N–H and O–H groups in total. The van der Waals surface area contributed by atoms with Crippen LogP contribution in [0.2, 0.25) is 0 Å². The Bertz CT molecular complexity index is 611. The van der Waals surface area contributed by atoms with Gasteiger partial charge in [-0.1, -0.05) is 17.9 Å². The minimum Gasteiger partial charge on any atom is -0.468 e. The Balaban J connectivity index is 2.02. The molecule has 0 fully saturated rings. The number of nitrogens with zero attached hydrogens (tertiary/aromatic N) is 1. The molecule has 0 aliphatic carbocycles. The Morgan fingerprint density at radius 2 is 2.15 bits per heavy atom. The Hall–Kier alpha value is -2.09. The lowest BCUT2D eigenvalue weighted by molar-refractivity contribution is 0.284. The molecule has 0 amide bonds. The highest BCUT2D eigenvalue weighted by Gasteiger charge is 2.08. The highest BCUT2D eigenvalue weighted by atomic mass is 19.1. The van der Waals surface area contributed by atoms with Gasteiger partial charge in [0.15, 0.2) is 0 Å². The van der Waals surface area contributed by atoms with Gasteiger partial charge in [-0.05, 0) is 31.3 Å². The Morgan fingerprint density at radius 3 is 2.80 bits per heavy atom. The van der Waals surface area contributed by atoms with Gasteiger partial charge in [-0.2, -0.15) is 0 Å². The molecular formula is C16H17FN2O. The van der Waals surface area contributed by atoms with Gasteiger partial charge >= 0.3 is 0 Å². The van der Waals surface area contributed by atoms with Gasteiger partial charge in [-0.15, -0.1) is 0 Å². The van der Waals surface area contributed by atoms with Crippen molar-refractivity contribution >= 4 is 0 Å². The van der Waals surface area contributed by atoms with E-state index in [2.05, 4.69) is 11.8 Å². The third-order valence-corrected chi connectivity index (χ3v) is 2.83. The lowest BCUT2D eigenvalue weighted by Gasteiger charge is -2.15. The van der Waals surface area contributed by atoms with Crippen LogP contribution < -0.4 is 5.73 Å². The Morgan fingerprint density at radius 1 is 1.30 bits per heavy atom. The zero-order chi connectivity index (χ0) is 14.4. The molecule has 0 radical (unpaired) electrons. The van der Waals surface area contributed by atoms with Crippen molar-refractivity contribution in [3.8, 4) is 11.8 Å². The molecule has 1 heterocycles. The maximum absolute atomic E-state index is 14.0. The second-order valence-corrected chi connectivity index (χ2v) is 4.56. The van der Waals surface area contributed by atoms with E-state index in [1.807, 2.05) is 30.1 Å². The molecule has 1 aromatic heterocycles. The fourth-order valence-electron chi connectivity index (χ4n) is 1.92. The van der Waals surface area contributed by atoms with E-state index in [0.717, 1.165) is 5.76 Å². The number of benzene rings is 1. The number of nitrogens with two attached hydrogens (primary N) is 1. The van der Waals surface area contributed by atoms with Crippen molar-refractivity contribution in [1.82, 2.24) is 4.90 Å². The van der Waals surface area contributed by atoms with Crippen molar-refractivity contribution in [1.29, 1.82) is 0 Å². The molecule has 0 spiro atoms. The van der Waals surface area contributed by atoms with E-state index < -0.39 is 0 Å². The fraction of sp³-hybridized carbons (Fsp3) is 0.250. The minimum atomic E-state index is -0.250. The number of furan rings is 1. The van der Waals surface area contributed by atoms with Gasteiger partial charge in [0.05, 0.1) is 19.4 Å². The average molecular weight is 272 g/mol. The molecule has 4 heteroatoms. The standard InChI is InChI=1S/C16H17FN2O/c1-19(12-15-5-3-9-20-15)11-14-7-6-13(4-2-8-18)10-16(14)17/h3,5-7,9-10H,8,11-12,18H2,1H3. The summed E-state index contributed by atoms with van der Waals surface area (Å²) in [6.07, 6.45) is 1.63. The van der Waals surface area contributed by atoms with E-state index in [1.54, 1.807) is 12.3 Å². The topological polar surface area (TPSA) is 42.4 Å². The molecule has 0 atom stereocenters. The summed E-state index contributed by atoms with van der Waals surface area (Å²) in [7, 11) is 1.92. The smallest absolute Gasteiger partial charge is 0.128 e. The summed E-state index contributed by atoms with van der Waals surface area (Å²) in [6, 6.07) is 8.75. The van der Waals surface area contributed by atoms with Gasteiger partial charge in [0.1, 0.15) is 11.6 Å². The van der Waals surface area contributed by atoms with Crippen LogP contribution in [0.1, 0.15) is 16.9 Å². The monoisotopic (exact) mass is 272 g/mol. The summed E-state index contributed by atoms with van der Waals surface area (Å²) in [6.45, 7) is 1.42. The third kappa shape index (κ3) is 3.95. The molecule has 2 rings (SSSR count). The molecule has 0 saturated carbocycles. The highest BCUT2D eigenvalue weighted by molar-refractivity contribution is 5.37. The first-order valence-electron chi connectivity index (χ1n) is 6.37. The lowest BCUT2D eigenvalue weighted by Crippen LogP contribution is -2.17. The van der Waals surface area contributed by atoms with Crippen molar-refractivity contribution in [2.75, 3.05) is 13.6 Å². The first-order valence-corrected chi connectivity index (χ1v) is 6.37. The van der Waals surface area contributed by atoms with E-state index in [0.29, 0.717) is 24.2 Å². The van der Waals surface area contributed by atoms with Gasteiger partial charge in [0.25, 0.3) is 0 Å². The van der Waals surface area contributed by atoms with E-state index in [9.17, 15) is 4.39 Å². The molecule has 1 aromatic carbocycles. The zero-order valence-corrected chi connectivity index (χ0v) is 11.4. The van der Waals surface area contributed by atoms with E-state index in [4.69, 9.17) is 10.2 Å². The van der Waals surface area contributed by atoms with Crippen molar-refractivity contribution < 1.29 is 8.81 Å². The molecule has 0 saturated heterocycles. The quantitative estimate of drug-likeness (QED) is 0.869. The van der Waals surface area contributed by atoms with Crippen LogP contribution in [0.5, 0.6) is 0 Å². The van der Waals surface area contributed by atoms with Gasteiger partial charge in [0, 0.05) is 17.7 Å². The van der Waals surface area contributed by atoms with Crippen LogP contribution in [-0.4, -0.2) is 18.5 Å². The normalized spacial score (nSPS) is 10.4. The largest absolute Gasteiger partial charge is 0.468 e. The number of halogens is 1. The summed E-state index contributed by atoms with van der Waals surface area (Å²) >= 11 is 0. The maximum atomic E-state index is 14.0. The molecule has 0 aliphatic rings. The van der Waals surface area contributed by atoms with Gasteiger partial charge in [0.2, 0.25) is 0 Å². The van der Waals surface area contributed by atoms with Gasteiger partial charge in [-0.3, -0.25) is 4.90 Å². The molecule has 0 unspecified atom stereocenters. The van der Waals surface area contributed by atoms with Crippen LogP contribution in [0.25, 0.3) is 0 Å². The van der Waals surface area contributed by atoms with Crippen LogP contribution in [0.15, 0.2) is 41.0 Å². The molecule has 0 bridgehead atoms. The number of rotatable bonds is 4. The SMILES string of the molecule is CN(Cc1ccco1)Cc1ccc(C#CCN)cc1F. The average Bonchev–Trinajstić information content (AvgIpc) is 2.92. The molecule has 2 aromatic rings. The Labute approximate surface area is 118 Å². The second kappa shape index (κ2) is 6.90. The number of hydrogen-bond donors (Lipinski definition) is 1. The van der Waals surface area contributed by atoms with Crippen molar-refractivity contribution in [2.45, 2.75) is 13.1 Å². The second-order valence-electron chi connectivity index (χ2n) is 4.56. The predicted molar refractivity (Wildman–Crippen MR) is 76.2 cm³/mol. The van der Waals surface area contributed by atoms with E-state index in [1.165, 1.54) is 6.07 Å². The molecule has 3 nitrogen and oxygen atoms in total. The summed E-state index contributed by atoms with van der Waals surface area (Å²) in [5.74, 6) is 6.14. The van der Waals surface area contributed by atoms with E-state index in [-0.39, 0.29) is 12.4 Å². The summed E-state index contributed by atoms with van der Waals surface area (Å²) in [5, 5.41) is 0. The van der Waals surface area contributed by atoms with Gasteiger partial charge < -0.3 is 10.2 Å². The summed E-state index contributed by atoms with van der Waals surface area (Å²) < 4.78 is 19.2. The first-order chi connectivity index (χ1) is 9.69. The Kier molecular flexibility index (Phi) is 4.94. The highest BCUT2D eigenvalue weighted by Crippen LogP contribution is 2.13. The maximum Gasteiger partial charge on any atom is 0.128 e. The predicted octanol–water partition coefficient (Wildman–Crippen LogP) is 2.36. The molecular weight excluding hydrogens is 255 g/mol. The summed E-state index contributed by atoms with van der Waals surface area (Å²) in [4.78, 5) is 1.99. The first kappa shape index (κ1) is 14.3. The molecule has 104 valence electrons. The van der Waals surface area contributed by atoms with Crippen LogP contribution in [0.4, 0.5) is 4.39 Å². The third-order valence-electron chi connectivity index (χ3n) is 2.83. The van der Waals surface area contributed by atoms with Crippen LogP contribution in [-0.2, 0) is 13.1 Å². The van der Waals surface area contributed by atoms with Crippen LogP contribution >= 0.6 is 0 Å². The van der Waals surface area contributed by atoms with Crippen molar-refractivity contribution in [2.24, 2.45) is 5.73 Å². The number of hydrogen-bond acceptors (Lipinski definition) is 3. The molecule has 0 aliphatic heterocycles. The zero-order valence-electron chi connectivity index (χ0n) is 11.4. The minimum absolute atomic E-state index is 0.250. The fourth-order valence-corrected chi connectivity index (χ4v) is 1.92. The van der Waals surface area contributed by atoms with Crippen molar-refractivity contribution in [3.63, 3.8) is 0 Å². The summed E-state index contributed by atoms with van der Waals surface area (Å²) in [5.41, 5.74) is 6.57. The lowest BCUT2D eigenvalue weighted by atomic mass is 10.1. The van der Waals surface area contributed by atoms with Crippen molar-refractivity contribution in [3.05, 3.63) is 59.3 Å². The molecule has 20 heavy (non-hydrogen) atoms. The van der Waals surface area contributed by atoms with E-state index >= 15 is 0 Å².